The minimum absolute atomic E-state index is 0.0590. The first kappa shape index (κ1) is 36.5. The summed E-state index contributed by atoms with van der Waals surface area (Å²) in [6, 6.07) is 16.3. The van der Waals surface area contributed by atoms with Gasteiger partial charge < -0.3 is 24.3 Å². The van der Waals surface area contributed by atoms with Gasteiger partial charge in [-0.2, -0.15) is 0 Å². The quantitative estimate of drug-likeness (QED) is 0.152. The highest BCUT2D eigenvalue weighted by molar-refractivity contribution is 6.78. The number of ether oxygens (including phenoxy) is 2. The number of amides is 2. The molecule has 2 aromatic carbocycles. The number of nitrogens with zero attached hydrogens (tertiary/aromatic N) is 3. The lowest BCUT2D eigenvalue weighted by atomic mass is 9.92. The number of likely N-dealkylation sites (tertiary alicyclic amines) is 1. The summed E-state index contributed by atoms with van der Waals surface area (Å²) in [5.41, 5.74) is 5.11. The molecule has 0 spiro atoms. The molecule has 2 aromatic heterocycles. The van der Waals surface area contributed by atoms with E-state index >= 15 is 4.39 Å². The Morgan fingerprint density at radius 2 is 1.45 bits per heavy atom. The van der Waals surface area contributed by atoms with Gasteiger partial charge in [0.05, 0.1) is 43.7 Å². The van der Waals surface area contributed by atoms with Gasteiger partial charge in [0.25, 0.3) is 0 Å². The first-order valence-electron chi connectivity index (χ1n) is 18.6. The van der Waals surface area contributed by atoms with E-state index in [9.17, 15) is 9.59 Å². The molecule has 4 atom stereocenters. The first-order chi connectivity index (χ1) is 24.9. The largest absolute Gasteiger partial charge is 0.444 e. The van der Waals surface area contributed by atoms with Gasteiger partial charge in [-0.3, -0.25) is 4.90 Å². The highest BCUT2D eigenvalue weighted by Gasteiger charge is 2.49. The van der Waals surface area contributed by atoms with Gasteiger partial charge in [-0.1, -0.05) is 80.4 Å². The molecule has 2 amide bonds. The summed E-state index contributed by atoms with van der Waals surface area (Å²) in [6.07, 6.45) is 2.98. The Balaban J connectivity index is 1.08. The molecule has 11 heteroatoms. The van der Waals surface area contributed by atoms with Crippen LogP contribution in [0.5, 0.6) is 0 Å². The summed E-state index contributed by atoms with van der Waals surface area (Å²) < 4.78 is 27.6. The van der Waals surface area contributed by atoms with Crippen molar-refractivity contribution in [1.82, 2.24) is 24.8 Å². The molecular formula is C42H50FN5O4Si. The van der Waals surface area contributed by atoms with Crippen LogP contribution < -0.4 is 0 Å². The van der Waals surface area contributed by atoms with E-state index in [1.807, 2.05) is 83.8 Å². The smallest absolute Gasteiger partial charge is 0.411 e. The zero-order chi connectivity index (χ0) is 38.0. The molecule has 2 N–H and O–H groups in total. The van der Waals surface area contributed by atoms with Crippen molar-refractivity contribution in [1.29, 1.82) is 0 Å². The molecule has 0 bridgehead atoms. The Bertz CT molecular complexity index is 2100. The minimum Gasteiger partial charge on any atom is -0.444 e. The van der Waals surface area contributed by atoms with E-state index in [1.54, 1.807) is 4.90 Å². The van der Waals surface area contributed by atoms with Crippen LogP contribution in [0.15, 0.2) is 54.7 Å². The number of aromatic nitrogens is 3. The summed E-state index contributed by atoms with van der Waals surface area (Å²) in [6.45, 7) is 17.7. The van der Waals surface area contributed by atoms with Gasteiger partial charge in [0.2, 0.25) is 0 Å². The number of benzene rings is 2. The number of H-pyrrole nitrogens is 2. The summed E-state index contributed by atoms with van der Waals surface area (Å²) in [5.74, 6) is 6.85. The topological polar surface area (TPSA) is 104 Å². The monoisotopic (exact) mass is 735 g/mol. The number of imidazole rings is 1. The maximum Gasteiger partial charge on any atom is 0.411 e. The van der Waals surface area contributed by atoms with E-state index in [2.05, 4.69) is 59.2 Å². The Morgan fingerprint density at radius 1 is 0.868 bits per heavy atom. The Kier molecular flexibility index (Phi) is 9.12. The zero-order valence-corrected chi connectivity index (χ0v) is 33.2. The normalized spacial score (nSPS) is 21.8. The van der Waals surface area contributed by atoms with Gasteiger partial charge in [0.15, 0.2) is 5.82 Å². The molecule has 3 aliphatic rings. The zero-order valence-electron chi connectivity index (χ0n) is 32.2. The Morgan fingerprint density at radius 3 is 2.02 bits per heavy atom. The average molecular weight is 736 g/mol. The van der Waals surface area contributed by atoms with Crippen molar-refractivity contribution in [3.8, 4) is 45.5 Å². The maximum atomic E-state index is 16.1. The van der Waals surface area contributed by atoms with Crippen LogP contribution >= 0.6 is 0 Å². The van der Waals surface area contributed by atoms with Gasteiger partial charge in [-0.05, 0) is 77.1 Å². The Hall–Kier alpha value is -4.82. The number of carbonyl (C=O) groups excluding carboxylic acids is 2. The molecule has 2 aliphatic heterocycles. The van der Waals surface area contributed by atoms with Crippen LogP contribution in [0.4, 0.5) is 14.0 Å². The lowest BCUT2D eigenvalue weighted by molar-refractivity contribution is 0.0169. The fourth-order valence-electron chi connectivity index (χ4n) is 7.80. The third-order valence-corrected chi connectivity index (χ3v) is 12.9. The van der Waals surface area contributed by atoms with Gasteiger partial charge in [0, 0.05) is 23.0 Å². The highest BCUT2D eigenvalue weighted by atomic mass is 28.3. The van der Waals surface area contributed by atoms with Crippen molar-refractivity contribution in [2.24, 2.45) is 5.92 Å². The second kappa shape index (κ2) is 13.2. The molecule has 7 rings (SSSR count). The molecule has 53 heavy (non-hydrogen) atoms. The highest BCUT2D eigenvalue weighted by Crippen LogP contribution is 2.46. The Labute approximate surface area is 312 Å². The second-order valence-corrected chi connectivity index (χ2v) is 22.4. The van der Waals surface area contributed by atoms with Gasteiger partial charge in [-0.15, -0.1) is 0 Å². The third kappa shape index (κ3) is 7.26. The molecular weight excluding hydrogens is 686 g/mol. The molecule has 2 fully saturated rings. The van der Waals surface area contributed by atoms with E-state index < -0.39 is 25.4 Å². The van der Waals surface area contributed by atoms with E-state index in [-0.39, 0.29) is 36.0 Å². The molecule has 0 radical (unpaired) electrons. The van der Waals surface area contributed by atoms with E-state index in [1.165, 1.54) is 0 Å². The summed E-state index contributed by atoms with van der Waals surface area (Å²) >= 11 is 0. The lowest BCUT2D eigenvalue weighted by Gasteiger charge is -2.32. The third-order valence-electron chi connectivity index (χ3n) is 10.2. The number of rotatable bonds is 6. The van der Waals surface area contributed by atoms with E-state index in [0.717, 1.165) is 46.0 Å². The summed E-state index contributed by atoms with van der Waals surface area (Å²) in [4.78, 5) is 41.6. The number of halogens is 1. The van der Waals surface area contributed by atoms with Crippen molar-refractivity contribution in [3.63, 3.8) is 0 Å². The maximum absolute atomic E-state index is 16.1. The molecule has 2 saturated heterocycles. The van der Waals surface area contributed by atoms with Gasteiger partial charge >= 0.3 is 12.2 Å². The predicted molar refractivity (Wildman–Crippen MR) is 207 cm³/mol. The summed E-state index contributed by atoms with van der Waals surface area (Å²) in [5, 5.41) is 0. The lowest BCUT2D eigenvalue weighted by Crippen LogP contribution is -2.43. The molecule has 9 nitrogen and oxygen atoms in total. The number of aromatic amines is 2. The molecule has 278 valence electrons. The number of nitrogens with one attached hydrogen (secondary N) is 2. The fourth-order valence-corrected chi connectivity index (χ4v) is 10.7. The van der Waals surface area contributed by atoms with E-state index in [4.69, 9.17) is 14.5 Å². The summed E-state index contributed by atoms with van der Waals surface area (Å²) in [7, 11) is -1.64. The van der Waals surface area contributed by atoms with E-state index in [0.29, 0.717) is 29.8 Å². The predicted octanol–water partition coefficient (Wildman–Crippen LogP) is 9.66. The first-order valence-corrected chi connectivity index (χ1v) is 22.0. The second-order valence-electron chi connectivity index (χ2n) is 17.4. The van der Waals surface area contributed by atoms with Crippen LogP contribution in [0.25, 0.3) is 33.6 Å². The van der Waals surface area contributed by atoms with Crippen LogP contribution in [-0.4, -0.2) is 68.4 Å². The molecule has 4 aromatic rings. The van der Waals surface area contributed by atoms with Crippen LogP contribution in [0, 0.1) is 23.6 Å². The van der Waals surface area contributed by atoms with Crippen molar-refractivity contribution < 1.29 is 23.5 Å². The number of fused-ring (bicyclic) bond motifs is 1. The van der Waals surface area contributed by atoms with Crippen LogP contribution in [0.2, 0.25) is 19.1 Å². The standard InChI is InChI=1S/C42H50FN5O4Si/c1-10-30-35(43)36(46-37(30)33-21-29-19-20-32(29)48(33)40(50)52-42(5,6)7)28-17-13-26(14-18-28)25-11-15-27(16-12-25)31-22-44-38(45-31)34-23-53(8,9)24-47(34)39(49)51-41(2,3)4/h11-18,22,29,32-34,46H,10,21,23-24H2,1-9H3,(H,44,45). The van der Waals surface area contributed by atoms with Crippen molar-refractivity contribution in [2.45, 2.75) is 110 Å². The van der Waals surface area contributed by atoms with Crippen molar-refractivity contribution >= 4 is 20.3 Å². The van der Waals surface area contributed by atoms with Crippen LogP contribution in [-0.2, 0) is 15.9 Å². The van der Waals surface area contributed by atoms with Crippen molar-refractivity contribution in [3.05, 3.63) is 77.6 Å². The fraction of sp³-hybridized carbons (Fsp3) is 0.452. The van der Waals surface area contributed by atoms with Crippen LogP contribution in [0.1, 0.15) is 84.1 Å². The number of hydrogen-bond donors (Lipinski definition) is 2. The molecule has 4 heterocycles. The van der Waals surface area contributed by atoms with Crippen LogP contribution in [0.3, 0.4) is 0 Å². The number of hydrogen-bond acceptors (Lipinski definition) is 5. The average Bonchev–Trinajstić information content (AvgIpc) is 3.82. The SMILES string of the molecule is CCc1c(C2CC3C#CC3N2C(=O)OC(C)(C)C)[nH]c(-c2ccc(-c3ccc(-c4cnc(C5C[Si](C)(C)CN5C(=O)OC(C)(C)C)[nH]4)cc3)cc2)c1F. The molecule has 1 aliphatic carbocycles. The molecule has 0 saturated carbocycles. The number of carbonyl (C=O) groups is 2. The van der Waals surface area contributed by atoms with Gasteiger partial charge in [0.1, 0.15) is 23.1 Å². The molecule has 4 unspecified atom stereocenters. The minimum atomic E-state index is -1.64. The van der Waals surface area contributed by atoms with Gasteiger partial charge in [-0.25, -0.2) is 19.0 Å². The van der Waals surface area contributed by atoms with Crippen molar-refractivity contribution in [2.75, 3.05) is 6.17 Å².